The predicted molar refractivity (Wildman–Crippen MR) is 98.5 cm³/mol. The molecule has 0 spiro atoms. The molecule has 1 unspecified atom stereocenters. The van der Waals surface area contributed by atoms with Crippen LogP contribution < -0.4 is 28.4 Å². The number of methoxy groups -OCH3 is 4. The minimum atomic E-state index is -4.96. The highest BCUT2D eigenvalue weighted by Crippen LogP contribution is 2.40. The lowest BCUT2D eigenvalue weighted by molar-refractivity contribution is -0.211. The summed E-state index contributed by atoms with van der Waals surface area (Å²) >= 11 is 0. The summed E-state index contributed by atoms with van der Waals surface area (Å²) in [6, 6.07) is 8.18. The largest absolute Gasteiger partial charge is 0.746 e. The van der Waals surface area contributed by atoms with E-state index in [0.717, 1.165) is 5.56 Å². The molecule has 0 amide bonds. The quantitative estimate of drug-likeness (QED) is 0.537. The molecule has 27 heavy (non-hydrogen) atoms. The summed E-state index contributed by atoms with van der Waals surface area (Å²) in [6.45, 7) is 0. The Morgan fingerprint density at radius 3 is 1.81 bits per heavy atom. The first-order chi connectivity index (χ1) is 12.8. The lowest BCUT2D eigenvalue weighted by Gasteiger charge is -2.18. The van der Waals surface area contributed by atoms with Gasteiger partial charge in [-0.2, -0.15) is 0 Å². The van der Waals surface area contributed by atoms with Gasteiger partial charge in [0.15, 0.2) is 23.0 Å². The zero-order chi connectivity index (χ0) is 20.0. The fourth-order valence-corrected chi connectivity index (χ4v) is 2.77. The van der Waals surface area contributed by atoms with Crippen LogP contribution in [0.3, 0.4) is 0 Å². The third kappa shape index (κ3) is 5.40. The fraction of sp³-hybridized carbons (Fsp3) is 0.222. The number of rotatable bonds is 8. The van der Waals surface area contributed by atoms with Crippen molar-refractivity contribution in [2.24, 2.45) is 0 Å². The summed E-state index contributed by atoms with van der Waals surface area (Å²) in [4.78, 5) is 19.9. The van der Waals surface area contributed by atoms with Crippen molar-refractivity contribution in [3.8, 4) is 28.7 Å². The molecule has 0 aliphatic rings. The van der Waals surface area contributed by atoms with E-state index in [1.807, 2.05) is 0 Å². The molecule has 1 N–H and O–H groups in total. The molecule has 0 aliphatic heterocycles. The van der Waals surface area contributed by atoms with Gasteiger partial charge in [-0.05, 0) is 35.4 Å². The molecule has 0 bridgehead atoms. The lowest BCUT2D eigenvalue weighted by atomic mass is 10.1. The molecule has 0 saturated heterocycles. The van der Waals surface area contributed by atoms with Gasteiger partial charge in [-0.25, -0.2) is 0 Å². The van der Waals surface area contributed by atoms with Crippen LogP contribution in [-0.2, 0) is 4.57 Å². The van der Waals surface area contributed by atoms with Crippen LogP contribution >= 0.6 is 7.82 Å². The Bertz CT molecular complexity index is 847. The van der Waals surface area contributed by atoms with Gasteiger partial charge < -0.3 is 33.3 Å². The zero-order valence-corrected chi connectivity index (χ0v) is 16.2. The first kappa shape index (κ1) is 20.6. The molecule has 0 heterocycles. The van der Waals surface area contributed by atoms with Crippen molar-refractivity contribution in [1.29, 1.82) is 0 Å². The van der Waals surface area contributed by atoms with Gasteiger partial charge in [0.05, 0.1) is 28.4 Å². The average Bonchev–Trinajstić information content (AvgIpc) is 2.64. The van der Waals surface area contributed by atoms with Crippen molar-refractivity contribution in [1.82, 2.24) is 0 Å². The molecule has 2 rings (SSSR count). The molecule has 2 aromatic rings. The van der Waals surface area contributed by atoms with Crippen LogP contribution in [0.1, 0.15) is 11.1 Å². The molecular formula is C18H20O8P-. The minimum Gasteiger partial charge on any atom is -0.746 e. The third-order valence-electron chi connectivity index (χ3n) is 3.56. The number of benzene rings is 2. The summed E-state index contributed by atoms with van der Waals surface area (Å²) in [5.41, 5.74) is 1.38. The van der Waals surface area contributed by atoms with Crippen LogP contribution in [0.4, 0.5) is 0 Å². The number of ether oxygens (including phenoxy) is 4. The molecule has 9 heteroatoms. The Balaban J connectivity index is 2.37. The Hall–Kier alpha value is -2.67. The van der Waals surface area contributed by atoms with Gasteiger partial charge in [0.25, 0.3) is 0 Å². The maximum absolute atomic E-state index is 11.0. The topological polar surface area (TPSA) is 107 Å². The highest BCUT2D eigenvalue weighted by Gasteiger charge is 2.13. The maximum atomic E-state index is 11.0. The van der Waals surface area contributed by atoms with E-state index in [1.165, 1.54) is 40.6 Å². The second kappa shape index (κ2) is 8.81. The van der Waals surface area contributed by atoms with E-state index in [4.69, 9.17) is 23.8 Å². The van der Waals surface area contributed by atoms with Crippen LogP contribution in [0.25, 0.3) is 12.2 Å². The van der Waals surface area contributed by atoms with Crippen molar-refractivity contribution in [2.75, 3.05) is 28.4 Å². The lowest BCUT2D eigenvalue weighted by Crippen LogP contribution is -2.06. The first-order valence-corrected chi connectivity index (χ1v) is 9.20. The summed E-state index contributed by atoms with van der Waals surface area (Å²) < 4.78 is 36.5. The molecule has 0 radical (unpaired) electrons. The minimum absolute atomic E-state index is 0.120. The highest BCUT2D eigenvalue weighted by molar-refractivity contribution is 7.45. The van der Waals surface area contributed by atoms with E-state index in [2.05, 4.69) is 4.52 Å². The molecule has 1 atom stereocenters. The molecule has 8 nitrogen and oxygen atoms in total. The normalized spacial score (nSPS) is 13.1. The fourth-order valence-electron chi connectivity index (χ4n) is 2.38. The molecule has 0 fully saturated rings. The van der Waals surface area contributed by atoms with Gasteiger partial charge >= 0.3 is 7.82 Å². The van der Waals surface area contributed by atoms with E-state index in [9.17, 15) is 9.46 Å². The highest BCUT2D eigenvalue weighted by atomic mass is 31.2. The van der Waals surface area contributed by atoms with Gasteiger partial charge in [-0.15, -0.1) is 0 Å². The number of hydrogen-bond acceptors (Lipinski definition) is 7. The van der Waals surface area contributed by atoms with E-state index >= 15 is 0 Å². The van der Waals surface area contributed by atoms with Crippen LogP contribution in [0, 0.1) is 0 Å². The smallest absolute Gasteiger partial charge is 0.317 e. The SMILES string of the molecule is COc1ccc(/C=C/c2cc(OC)c(OC)c(OC)c2)cc1OP(=O)([O-])O. The molecule has 2 aromatic carbocycles. The molecule has 0 aliphatic carbocycles. The molecule has 0 aromatic heterocycles. The molecule has 146 valence electrons. The molecule has 0 saturated carbocycles. The van der Waals surface area contributed by atoms with Crippen molar-refractivity contribution in [2.45, 2.75) is 0 Å². The van der Waals surface area contributed by atoms with Crippen molar-refractivity contribution in [3.05, 3.63) is 41.5 Å². The second-order valence-corrected chi connectivity index (χ2v) is 6.38. The van der Waals surface area contributed by atoms with Crippen molar-refractivity contribution < 1.29 is 37.8 Å². The van der Waals surface area contributed by atoms with Gasteiger partial charge in [0.2, 0.25) is 5.75 Å². The summed E-state index contributed by atoms with van der Waals surface area (Å²) in [5, 5.41) is 0. The zero-order valence-electron chi connectivity index (χ0n) is 15.3. The van der Waals surface area contributed by atoms with Crippen molar-refractivity contribution in [3.63, 3.8) is 0 Å². The van der Waals surface area contributed by atoms with Crippen LogP contribution in [0.5, 0.6) is 28.7 Å². The maximum Gasteiger partial charge on any atom is 0.317 e. The van der Waals surface area contributed by atoms with Gasteiger partial charge in [0, 0.05) is 0 Å². The Kier molecular flexibility index (Phi) is 6.74. The van der Waals surface area contributed by atoms with Crippen molar-refractivity contribution >= 4 is 20.0 Å². The summed E-state index contributed by atoms with van der Waals surface area (Å²) in [7, 11) is 0.968. The van der Waals surface area contributed by atoms with Crippen LogP contribution in [-0.4, -0.2) is 33.3 Å². The second-order valence-electron chi connectivity index (χ2n) is 5.26. The van der Waals surface area contributed by atoms with E-state index < -0.39 is 7.82 Å². The van der Waals surface area contributed by atoms with Gasteiger partial charge in [0.1, 0.15) is 0 Å². The summed E-state index contributed by atoms with van der Waals surface area (Å²) in [5.74, 6) is 1.53. The number of phosphoric ester groups is 1. The van der Waals surface area contributed by atoms with E-state index in [1.54, 1.807) is 30.4 Å². The van der Waals surface area contributed by atoms with Crippen LogP contribution in [0.15, 0.2) is 30.3 Å². The van der Waals surface area contributed by atoms with E-state index in [-0.39, 0.29) is 11.5 Å². The van der Waals surface area contributed by atoms with Gasteiger partial charge in [-0.3, -0.25) is 4.57 Å². The Labute approximate surface area is 157 Å². The average molecular weight is 395 g/mol. The third-order valence-corrected chi connectivity index (χ3v) is 3.98. The van der Waals surface area contributed by atoms with E-state index in [0.29, 0.717) is 22.8 Å². The standard InChI is InChI=1S/C18H21O8P/c1-22-14-8-7-12(9-15(14)26-27(19,20)21)5-6-13-10-16(23-2)18(25-4)17(11-13)24-3/h5-11H,1-4H3,(H2,19,20,21)/p-1/b6-5+. The monoisotopic (exact) mass is 395 g/mol. The first-order valence-electron chi connectivity index (χ1n) is 7.70. The van der Waals surface area contributed by atoms with Gasteiger partial charge in [-0.1, -0.05) is 18.2 Å². The summed E-state index contributed by atoms with van der Waals surface area (Å²) in [6.07, 6.45) is 3.49. The Morgan fingerprint density at radius 1 is 0.815 bits per heavy atom. The predicted octanol–water partition coefficient (Wildman–Crippen LogP) is 2.73. The van der Waals surface area contributed by atoms with Crippen LogP contribution in [0.2, 0.25) is 0 Å². The Morgan fingerprint density at radius 2 is 1.33 bits per heavy atom. The number of phosphoric acid groups is 1. The number of hydrogen-bond donors (Lipinski definition) is 1. The molecular weight excluding hydrogens is 375 g/mol.